The summed E-state index contributed by atoms with van der Waals surface area (Å²) in [5, 5.41) is 3.07. The largest absolute Gasteiger partial charge is 0.497 e. The van der Waals surface area contributed by atoms with Gasteiger partial charge in [-0.05, 0) is 24.3 Å². The van der Waals surface area contributed by atoms with Crippen LogP contribution in [0.3, 0.4) is 0 Å². The van der Waals surface area contributed by atoms with Crippen LogP contribution in [-0.4, -0.2) is 14.2 Å². The fourth-order valence-electron chi connectivity index (χ4n) is 1.52. The summed E-state index contributed by atoms with van der Waals surface area (Å²) < 4.78 is 10.9. The van der Waals surface area contributed by atoms with Crippen LogP contribution in [0.25, 0.3) is 0 Å². The molecule has 0 amide bonds. The molecule has 18 heavy (non-hydrogen) atoms. The van der Waals surface area contributed by atoms with Crippen LogP contribution in [-0.2, 0) is 0 Å². The Morgan fingerprint density at radius 1 is 0.889 bits per heavy atom. The molecule has 2 rings (SSSR count). The summed E-state index contributed by atoms with van der Waals surface area (Å²) in [5.74, 6) is 2.34. The van der Waals surface area contributed by atoms with Crippen molar-refractivity contribution in [3.8, 4) is 17.2 Å². The summed E-state index contributed by atoms with van der Waals surface area (Å²) in [5.41, 5.74) is 1.02. The predicted molar refractivity (Wildman–Crippen MR) is 76.3 cm³/mol. The topological polar surface area (TPSA) is 30.5 Å². The molecule has 2 aromatic carbocycles. The number of halogens is 1. The van der Waals surface area contributed by atoms with Gasteiger partial charge in [0.05, 0.1) is 7.11 Å². The molecule has 0 unspecified atom stereocenters. The van der Waals surface area contributed by atoms with E-state index in [-0.39, 0.29) is 12.4 Å². The molecule has 0 atom stereocenters. The van der Waals surface area contributed by atoms with Gasteiger partial charge in [-0.2, -0.15) is 0 Å². The average Bonchev–Trinajstić information content (AvgIpc) is 2.39. The van der Waals surface area contributed by atoms with Crippen LogP contribution in [0.2, 0.25) is 0 Å². The number of rotatable bonds is 4. The van der Waals surface area contributed by atoms with E-state index in [2.05, 4.69) is 5.32 Å². The highest BCUT2D eigenvalue weighted by molar-refractivity contribution is 5.85. The van der Waals surface area contributed by atoms with Gasteiger partial charge in [0.25, 0.3) is 0 Å². The van der Waals surface area contributed by atoms with E-state index in [1.165, 1.54) is 0 Å². The Kier molecular flexibility index (Phi) is 5.33. The standard InChI is InChI=1S/C14H15NO2.ClH/c1-15-11-5-3-7-13(9-11)17-14-8-4-6-12(10-14)16-2;/h3-10,15H,1-2H3;1H. The van der Waals surface area contributed by atoms with Crippen LogP contribution in [0.5, 0.6) is 17.2 Å². The minimum Gasteiger partial charge on any atom is -0.497 e. The molecule has 0 fully saturated rings. The van der Waals surface area contributed by atoms with Crippen molar-refractivity contribution in [2.45, 2.75) is 0 Å². The average molecular weight is 266 g/mol. The van der Waals surface area contributed by atoms with Gasteiger partial charge in [0.2, 0.25) is 0 Å². The van der Waals surface area contributed by atoms with Gasteiger partial charge in [-0.25, -0.2) is 0 Å². The Labute approximate surface area is 113 Å². The molecule has 0 bridgehead atoms. The summed E-state index contributed by atoms with van der Waals surface area (Å²) in [6.07, 6.45) is 0. The Morgan fingerprint density at radius 2 is 1.50 bits per heavy atom. The van der Waals surface area contributed by atoms with Crippen molar-refractivity contribution in [2.24, 2.45) is 0 Å². The first kappa shape index (κ1) is 14.2. The zero-order valence-corrected chi connectivity index (χ0v) is 11.2. The Bertz CT molecular complexity index is 457. The minimum atomic E-state index is 0. The van der Waals surface area contributed by atoms with Gasteiger partial charge < -0.3 is 14.8 Å². The lowest BCUT2D eigenvalue weighted by Crippen LogP contribution is -1.89. The number of anilines is 1. The van der Waals surface area contributed by atoms with Crippen LogP contribution in [0.15, 0.2) is 48.5 Å². The Morgan fingerprint density at radius 3 is 2.17 bits per heavy atom. The second-order valence-electron chi connectivity index (χ2n) is 3.56. The number of ether oxygens (including phenoxy) is 2. The van der Waals surface area contributed by atoms with Crippen molar-refractivity contribution in [3.63, 3.8) is 0 Å². The third-order valence-electron chi connectivity index (χ3n) is 2.40. The van der Waals surface area contributed by atoms with E-state index in [0.717, 1.165) is 22.9 Å². The summed E-state index contributed by atoms with van der Waals surface area (Å²) >= 11 is 0. The molecular weight excluding hydrogens is 250 g/mol. The second-order valence-corrected chi connectivity index (χ2v) is 3.56. The highest BCUT2D eigenvalue weighted by Gasteiger charge is 1.99. The Balaban J connectivity index is 0.00000162. The molecule has 0 aliphatic heterocycles. The molecule has 0 saturated heterocycles. The molecule has 0 aliphatic carbocycles. The maximum Gasteiger partial charge on any atom is 0.131 e. The molecule has 1 N–H and O–H groups in total. The fraction of sp³-hybridized carbons (Fsp3) is 0.143. The number of methoxy groups -OCH3 is 1. The normalized spacial score (nSPS) is 9.22. The molecule has 2 aromatic rings. The van der Waals surface area contributed by atoms with Gasteiger partial charge >= 0.3 is 0 Å². The third kappa shape index (κ3) is 3.57. The minimum absolute atomic E-state index is 0. The first-order chi connectivity index (χ1) is 8.31. The second kappa shape index (κ2) is 6.77. The molecule has 0 radical (unpaired) electrons. The van der Waals surface area contributed by atoms with Crippen LogP contribution in [0.1, 0.15) is 0 Å². The zero-order valence-electron chi connectivity index (χ0n) is 10.3. The number of hydrogen-bond acceptors (Lipinski definition) is 3. The van der Waals surface area contributed by atoms with Crippen LogP contribution < -0.4 is 14.8 Å². The smallest absolute Gasteiger partial charge is 0.131 e. The Hall–Kier alpha value is -1.87. The quantitative estimate of drug-likeness (QED) is 0.908. The van der Waals surface area contributed by atoms with Gasteiger partial charge in [-0.15, -0.1) is 12.4 Å². The van der Waals surface area contributed by atoms with E-state index in [1.54, 1.807) is 7.11 Å². The van der Waals surface area contributed by atoms with E-state index in [4.69, 9.17) is 9.47 Å². The molecule has 96 valence electrons. The van der Waals surface area contributed by atoms with Crippen molar-refractivity contribution in [1.82, 2.24) is 0 Å². The lowest BCUT2D eigenvalue weighted by atomic mass is 10.3. The highest BCUT2D eigenvalue weighted by atomic mass is 35.5. The summed E-state index contributed by atoms with van der Waals surface area (Å²) in [7, 11) is 3.52. The third-order valence-corrected chi connectivity index (χ3v) is 2.40. The highest BCUT2D eigenvalue weighted by Crippen LogP contribution is 2.26. The van der Waals surface area contributed by atoms with Crippen molar-refractivity contribution >= 4 is 18.1 Å². The van der Waals surface area contributed by atoms with Gasteiger partial charge in [0.1, 0.15) is 17.2 Å². The lowest BCUT2D eigenvalue weighted by molar-refractivity contribution is 0.409. The van der Waals surface area contributed by atoms with E-state index in [9.17, 15) is 0 Å². The molecule has 0 aliphatic rings. The summed E-state index contributed by atoms with van der Waals surface area (Å²) in [6, 6.07) is 15.3. The van der Waals surface area contributed by atoms with Gasteiger partial charge in [0.15, 0.2) is 0 Å². The molecule has 0 saturated carbocycles. The fourth-order valence-corrected chi connectivity index (χ4v) is 1.52. The summed E-state index contributed by atoms with van der Waals surface area (Å²) in [4.78, 5) is 0. The molecule has 0 aromatic heterocycles. The van der Waals surface area contributed by atoms with Crippen LogP contribution in [0.4, 0.5) is 5.69 Å². The van der Waals surface area contributed by atoms with Gasteiger partial charge in [-0.1, -0.05) is 12.1 Å². The van der Waals surface area contributed by atoms with Crippen molar-refractivity contribution in [3.05, 3.63) is 48.5 Å². The lowest BCUT2D eigenvalue weighted by Gasteiger charge is -2.08. The molecule has 0 spiro atoms. The van der Waals surface area contributed by atoms with E-state index >= 15 is 0 Å². The predicted octanol–water partition coefficient (Wildman–Crippen LogP) is 3.95. The number of hydrogen-bond donors (Lipinski definition) is 1. The van der Waals surface area contributed by atoms with Crippen LogP contribution in [0, 0.1) is 0 Å². The molecule has 3 nitrogen and oxygen atoms in total. The number of benzene rings is 2. The van der Waals surface area contributed by atoms with E-state index < -0.39 is 0 Å². The SMILES string of the molecule is CNc1cccc(Oc2cccc(OC)c2)c1.Cl. The van der Waals surface area contributed by atoms with Crippen LogP contribution >= 0.6 is 12.4 Å². The van der Waals surface area contributed by atoms with E-state index in [0.29, 0.717) is 0 Å². The first-order valence-corrected chi connectivity index (χ1v) is 5.41. The molecule has 4 heteroatoms. The molecular formula is C14H16ClNO2. The first-order valence-electron chi connectivity index (χ1n) is 5.41. The van der Waals surface area contributed by atoms with E-state index in [1.807, 2.05) is 55.6 Å². The van der Waals surface area contributed by atoms with Crippen molar-refractivity contribution < 1.29 is 9.47 Å². The summed E-state index contributed by atoms with van der Waals surface area (Å²) in [6.45, 7) is 0. The number of nitrogens with one attached hydrogen (secondary N) is 1. The maximum absolute atomic E-state index is 5.74. The molecule has 0 heterocycles. The zero-order chi connectivity index (χ0) is 12.1. The monoisotopic (exact) mass is 265 g/mol. The van der Waals surface area contributed by atoms with Gasteiger partial charge in [0, 0.05) is 24.9 Å². The maximum atomic E-state index is 5.74. The van der Waals surface area contributed by atoms with Crippen molar-refractivity contribution in [1.29, 1.82) is 0 Å². The van der Waals surface area contributed by atoms with Gasteiger partial charge in [-0.3, -0.25) is 0 Å². The van der Waals surface area contributed by atoms with Crippen molar-refractivity contribution in [2.75, 3.05) is 19.5 Å².